The summed E-state index contributed by atoms with van der Waals surface area (Å²) in [6, 6.07) is 8.92. The minimum atomic E-state index is -0.948. The van der Waals surface area contributed by atoms with Crippen molar-refractivity contribution in [3.8, 4) is 10.4 Å². The number of aromatic nitrogens is 2. The van der Waals surface area contributed by atoms with Gasteiger partial charge >= 0.3 is 5.97 Å². The maximum absolute atomic E-state index is 11.4. The Morgan fingerprint density at radius 3 is 2.77 bits per heavy atom. The number of thiophene rings is 1. The van der Waals surface area contributed by atoms with Gasteiger partial charge in [-0.1, -0.05) is 12.1 Å². The molecule has 0 unspecified atom stereocenters. The molecule has 1 fully saturated rings. The normalized spacial score (nSPS) is 16.6. The molecular weight excluding hydrogens is 416 g/mol. The van der Waals surface area contributed by atoms with Gasteiger partial charge in [0.05, 0.1) is 29.0 Å². The number of nitrogens with two attached hydrogens (primary N) is 1. The topological polar surface area (TPSA) is 117 Å². The SMILES string of the molecule is NC1=NCN(c2nc(N3CCOCC3)c3sc(-c4cccc(C(=O)O)c4)cc3n2)C=C1. The Kier molecular flexibility index (Phi) is 5.00. The van der Waals surface area contributed by atoms with Crippen LogP contribution in [0.25, 0.3) is 20.7 Å². The molecule has 1 saturated heterocycles. The van der Waals surface area contributed by atoms with Crippen molar-refractivity contribution in [1.29, 1.82) is 0 Å². The number of carboxylic acids is 1. The lowest BCUT2D eigenvalue weighted by atomic mass is 10.1. The van der Waals surface area contributed by atoms with Gasteiger partial charge in [-0.25, -0.2) is 14.8 Å². The second kappa shape index (κ2) is 7.97. The molecule has 0 spiro atoms. The Labute approximate surface area is 182 Å². The fourth-order valence-corrected chi connectivity index (χ4v) is 4.63. The van der Waals surface area contributed by atoms with Crippen molar-refractivity contribution in [3.63, 3.8) is 0 Å². The van der Waals surface area contributed by atoms with E-state index in [2.05, 4.69) is 9.89 Å². The number of morpholine rings is 1. The fraction of sp³-hybridized carbons (Fsp3) is 0.238. The summed E-state index contributed by atoms with van der Waals surface area (Å²) in [6.07, 6.45) is 3.55. The summed E-state index contributed by atoms with van der Waals surface area (Å²) in [5.41, 5.74) is 7.65. The molecule has 0 bridgehead atoms. The summed E-state index contributed by atoms with van der Waals surface area (Å²) < 4.78 is 6.47. The van der Waals surface area contributed by atoms with Crippen LogP contribution in [0.4, 0.5) is 11.8 Å². The van der Waals surface area contributed by atoms with Gasteiger partial charge in [0, 0.05) is 24.2 Å². The second-order valence-electron chi connectivity index (χ2n) is 7.17. The van der Waals surface area contributed by atoms with Crippen LogP contribution in [0.1, 0.15) is 10.4 Å². The summed E-state index contributed by atoms with van der Waals surface area (Å²) >= 11 is 1.56. The number of anilines is 2. The van der Waals surface area contributed by atoms with Crippen LogP contribution in [-0.4, -0.2) is 59.9 Å². The number of hydrogen-bond acceptors (Lipinski definition) is 9. The van der Waals surface area contributed by atoms with Crippen LogP contribution >= 0.6 is 11.3 Å². The predicted octanol–water partition coefficient (Wildman–Crippen LogP) is 2.54. The minimum Gasteiger partial charge on any atom is -0.478 e. The molecular formula is C21H20N6O3S. The van der Waals surface area contributed by atoms with Crippen LogP contribution in [0.2, 0.25) is 0 Å². The highest BCUT2D eigenvalue weighted by Crippen LogP contribution is 2.39. The third kappa shape index (κ3) is 3.82. The number of carboxylic acid groups (broad SMARTS) is 1. The molecule has 31 heavy (non-hydrogen) atoms. The zero-order chi connectivity index (χ0) is 21.4. The van der Waals surface area contributed by atoms with Gasteiger partial charge in [0.15, 0.2) is 5.82 Å². The van der Waals surface area contributed by atoms with E-state index >= 15 is 0 Å². The number of carbonyl (C=O) groups is 1. The van der Waals surface area contributed by atoms with Crippen LogP contribution in [0.15, 0.2) is 47.6 Å². The Bertz CT molecular complexity index is 1220. The molecule has 0 radical (unpaired) electrons. The lowest BCUT2D eigenvalue weighted by Crippen LogP contribution is -2.37. The minimum absolute atomic E-state index is 0.254. The van der Waals surface area contributed by atoms with Crippen molar-refractivity contribution in [2.75, 3.05) is 42.8 Å². The second-order valence-corrected chi connectivity index (χ2v) is 8.22. The van der Waals surface area contributed by atoms with E-state index in [9.17, 15) is 9.90 Å². The average Bonchev–Trinajstić information content (AvgIpc) is 3.24. The number of amidine groups is 1. The molecule has 10 heteroatoms. The average molecular weight is 436 g/mol. The first-order chi connectivity index (χ1) is 15.1. The van der Waals surface area contributed by atoms with E-state index in [1.54, 1.807) is 35.6 Å². The first kappa shape index (κ1) is 19.5. The molecule has 0 aliphatic carbocycles. The van der Waals surface area contributed by atoms with E-state index in [1.165, 1.54) is 0 Å². The number of rotatable bonds is 4. The van der Waals surface area contributed by atoms with Gasteiger partial charge in [-0.15, -0.1) is 11.3 Å². The lowest BCUT2D eigenvalue weighted by molar-refractivity contribution is 0.0697. The number of aliphatic imine (C=N–C) groups is 1. The van der Waals surface area contributed by atoms with Gasteiger partial charge in [-0.3, -0.25) is 4.90 Å². The standard InChI is InChI=1S/C21H20N6O3S/c22-17-4-5-27(12-23-17)21-24-15-11-16(13-2-1-3-14(10-13)20(28)29)31-18(15)19(25-21)26-6-8-30-9-7-26/h1-5,10-11H,6-9,12H2,(H2,22,23)(H,28,29). The fourth-order valence-electron chi connectivity index (χ4n) is 3.52. The van der Waals surface area contributed by atoms with Crippen LogP contribution in [-0.2, 0) is 4.74 Å². The summed E-state index contributed by atoms with van der Waals surface area (Å²) in [6.45, 7) is 3.13. The molecule has 0 atom stereocenters. The number of fused-ring (bicyclic) bond motifs is 1. The van der Waals surface area contributed by atoms with Crippen LogP contribution < -0.4 is 15.5 Å². The van der Waals surface area contributed by atoms with Gasteiger partial charge in [0.1, 0.15) is 12.5 Å². The lowest BCUT2D eigenvalue weighted by Gasteiger charge is -2.29. The highest BCUT2D eigenvalue weighted by molar-refractivity contribution is 7.22. The summed E-state index contributed by atoms with van der Waals surface area (Å²) in [7, 11) is 0. The van der Waals surface area contributed by atoms with E-state index in [1.807, 2.05) is 23.2 Å². The number of ether oxygens (including phenoxy) is 1. The van der Waals surface area contributed by atoms with Crippen molar-refractivity contribution in [1.82, 2.24) is 9.97 Å². The summed E-state index contributed by atoms with van der Waals surface area (Å²) in [4.78, 5) is 30.3. The first-order valence-corrected chi connectivity index (χ1v) is 10.6. The molecule has 0 saturated carbocycles. The number of aromatic carboxylic acids is 1. The van der Waals surface area contributed by atoms with Gasteiger partial charge in [-0.05, 0) is 29.8 Å². The van der Waals surface area contributed by atoms with E-state index in [0.717, 1.165) is 39.6 Å². The summed E-state index contributed by atoms with van der Waals surface area (Å²) in [5, 5.41) is 9.34. The van der Waals surface area contributed by atoms with Crippen LogP contribution in [0.3, 0.4) is 0 Å². The zero-order valence-electron chi connectivity index (χ0n) is 16.6. The Morgan fingerprint density at radius 1 is 1.19 bits per heavy atom. The molecule has 4 heterocycles. The van der Waals surface area contributed by atoms with Crippen molar-refractivity contribution in [2.45, 2.75) is 0 Å². The highest BCUT2D eigenvalue weighted by atomic mass is 32.1. The first-order valence-electron chi connectivity index (χ1n) is 9.81. The molecule has 2 aromatic heterocycles. The quantitative estimate of drug-likeness (QED) is 0.641. The van der Waals surface area contributed by atoms with E-state index in [-0.39, 0.29) is 5.56 Å². The van der Waals surface area contributed by atoms with E-state index < -0.39 is 5.97 Å². The largest absolute Gasteiger partial charge is 0.478 e. The van der Waals surface area contributed by atoms with Gasteiger partial charge in [0.25, 0.3) is 0 Å². The molecule has 0 amide bonds. The van der Waals surface area contributed by atoms with Crippen molar-refractivity contribution in [3.05, 3.63) is 48.2 Å². The van der Waals surface area contributed by atoms with E-state index in [0.29, 0.717) is 31.7 Å². The molecule has 158 valence electrons. The van der Waals surface area contributed by atoms with Crippen molar-refractivity contribution < 1.29 is 14.6 Å². The predicted molar refractivity (Wildman–Crippen MR) is 121 cm³/mol. The smallest absolute Gasteiger partial charge is 0.335 e. The van der Waals surface area contributed by atoms with E-state index in [4.69, 9.17) is 20.4 Å². The van der Waals surface area contributed by atoms with Crippen molar-refractivity contribution in [2.24, 2.45) is 10.7 Å². The number of benzene rings is 1. The third-order valence-corrected chi connectivity index (χ3v) is 6.30. The Hall–Kier alpha value is -3.50. The van der Waals surface area contributed by atoms with Crippen LogP contribution in [0.5, 0.6) is 0 Å². The van der Waals surface area contributed by atoms with Crippen molar-refractivity contribution >= 4 is 45.1 Å². The zero-order valence-corrected chi connectivity index (χ0v) is 17.4. The molecule has 2 aliphatic heterocycles. The van der Waals surface area contributed by atoms with Gasteiger partial charge < -0.3 is 20.5 Å². The van der Waals surface area contributed by atoms with Crippen LogP contribution in [0, 0.1) is 0 Å². The molecule has 2 aliphatic rings. The third-order valence-electron chi connectivity index (χ3n) is 5.13. The summed E-state index contributed by atoms with van der Waals surface area (Å²) in [5.74, 6) is 0.924. The monoisotopic (exact) mass is 436 g/mol. The molecule has 3 aromatic rings. The molecule has 1 aromatic carbocycles. The Morgan fingerprint density at radius 2 is 2.03 bits per heavy atom. The Balaban J connectivity index is 1.62. The van der Waals surface area contributed by atoms with Gasteiger partial charge in [0.2, 0.25) is 5.95 Å². The maximum atomic E-state index is 11.4. The molecule has 3 N–H and O–H groups in total. The highest BCUT2D eigenvalue weighted by Gasteiger charge is 2.22. The number of nitrogens with zero attached hydrogens (tertiary/aromatic N) is 5. The maximum Gasteiger partial charge on any atom is 0.335 e. The van der Waals surface area contributed by atoms with Gasteiger partial charge in [-0.2, -0.15) is 4.98 Å². The number of hydrogen-bond donors (Lipinski definition) is 2. The molecule has 5 rings (SSSR count). The molecule has 9 nitrogen and oxygen atoms in total.